The first-order valence-corrected chi connectivity index (χ1v) is 11.3. The maximum atomic E-state index is 13.1. The van der Waals surface area contributed by atoms with Gasteiger partial charge in [0.2, 0.25) is 5.95 Å². The van der Waals surface area contributed by atoms with Crippen molar-refractivity contribution in [2.75, 3.05) is 29.9 Å². The maximum Gasteiger partial charge on any atom is 0.416 e. The third-order valence-electron chi connectivity index (χ3n) is 4.39. The number of carbonyl (C=O) groups is 1. The zero-order valence-corrected chi connectivity index (χ0v) is 20.8. The van der Waals surface area contributed by atoms with Gasteiger partial charge in [-0.3, -0.25) is 4.90 Å². The van der Waals surface area contributed by atoms with Crippen LogP contribution < -0.4 is 9.80 Å². The minimum absolute atomic E-state index is 0.248. The Bertz CT molecular complexity index is 902. The van der Waals surface area contributed by atoms with E-state index >= 15 is 0 Å². The summed E-state index contributed by atoms with van der Waals surface area (Å²) in [6.45, 7) is 15.4. The molecule has 2 rings (SSSR count). The molecule has 1 aromatic heterocycles. The monoisotopic (exact) mass is 438 g/mol. The van der Waals surface area contributed by atoms with Crippen molar-refractivity contribution in [3.05, 3.63) is 47.7 Å². The summed E-state index contributed by atoms with van der Waals surface area (Å²) < 4.78 is 5.68. The molecule has 0 atom stereocenters. The number of aromatic nitrogens is 2. The van der Waals surface area contributed by atoms with Gasteiger partial charge in [0, 0.05) is 26.2 Å². The molecule has 6 heteroatoms. The summed E-state index contributed by atoms with van der Waals surface area (Å²) >= 11 is 0. The number of nitrogens with zero attached hydrogens (tertiary/aromatic N) is 4. The number of hydrogen-bond donors (Lipinski definition) is 0. The lowest BCUT2D eigenvalue weighted by Gasteiger charge is -2.29. The van der Waals surface area contributed by atoms with Crippen molar-refractivity contribution >= 4 is 30.0 Å². The Morgan fingerprint density at radius 3 is 2.19 bits per heavy atom. The molecule has 0 aliphatic carbocycles. The first kappa shape index (κ1) is 25.4. The van der Waals surface area contributed by atoms with Gasteiger partial charge >= 0.3 is 6.09 Å². The van der Waals surface area contributed by atoms with Crippen molar-refractivity contribution in [1.29, 1.82) is 0 Å². The summed E-state index contributed by atoms with van der Waals surface area (Å²) in [6.07, 6.45) is 3.56. The third-order valence-corrected chi connectivity index (χ3v) is 4.39. The second kappa shape index (κ2) is 11.1. The van der Waals surface area contributed by atoms with Crippen molar-refractivity contribution < 1.29 is 9.53 Å². The van der Waals surface area contributed by atoms with Crippen LogP contribution in [0.15, 0.2) is 36.4 Å². The van der Waals surface area contributed by atoms with Crippen molar-refractivity contribution in [1.82, 2.24) is 9.97 Å². The van der Waals surface area contributed by atoms with E-state index in [9.17, 15) is 4.79 Å². The molecule has 32 heavy (non-hydrogen) atoms. The summed E-state index contributed by atoms with van der Waals surface area (Å²) in [5.74, 6) is 1.83. The molecule has 1 amide bonds. The molecule has 0 radical (unpaired) electrons. The van der Waals surface area contributed by atoms with Crippen LogP contribution in [0.3, 0.4) is 0 Å². The Morgan fingerprint density at radius 1 is 1.00 bits per heavy atom. The number of carbonyl (C=O) groups excluding carboxylic acids is 1. The van der Waals surface area contributed by atoms with E-state index in [-0.39, 0.29) is 5.92 Å². The summed E-state index contributed by atoms with van der Waals surface area (Å²) in [5, 5.41) is 0. The predicted molar refractivity (Wildman–Crippen MR) is 134 cm³/mol. The van der Waals surface area contributed by atoms with Gasteiger partial charge in [0.25, 0.3) is 0 Å². The lowest BCUT2D eigenvalue weighted by atomic mass is 10.2. The molecule has 1 heterocycles. The molecular weight excluding hydrogens is 400 g/mol. The van der Waals surface area contributed by atoms with Crippen LogP contribution >= 0.6 is 0 Å². The Hall–Kier alpha value is -2.89. The molecule has 0 bridgehead atoms. The lowest BCUT2D eigenvalue weighted by Crippen LogP contribution is -2.40. The molecule has 0 saturated carbocycles. The Kier molecular flexibility index (Phi) is 8.81. The molecule has 0 aliphatic heterocycles. The molecule has 0 fully saturated rings. The van der Waals surface area contributed by atoms with Gasteiger partial charge in [0.1, 0.15) is 11.4 Å². The molecule has 2 aromatic rings. The highest BCUT2D eigenvalue weighted by Crippen LogP contribution is 2.23. The Morgan fingerprint density at radius 2 is 1.62 bits per heavy atom. The van der Waals surface area contributed by atoms with Gasteiger partial charge in [-0.25, -0.2) is 9.78 Å². The number of hydrogen-bond acceptors (Lipinski definition) is 5. The van der Waals surface area contributed by atoms with E-state index in [1.54, 1.807) is 4.90 Å². The highest BCUT2D eigenvalue weighted by atomic mass is 16.6. The first-order chi connectivity index (χ1) is 14.9. The van der Waals surface area contributed by atoms with Gasteiger partial charge in [-0.2, -0.15) is 4.98 Å². The minimum Gasteiger partial charge on any atom is -0.443 e. The molecule has 0 unspecified atom stereocenters. The van der Waals surface area contributed by atoms with Crippen LogP contribution in [0, 0.1) is 11.8 Å². The molecular formula is C26H38N4O2. The van der Waals surface area contributed by atoms with Gasteiger partial charge < -0.3 is 9.64 Å². The normalized spacial score (nSPS) is 11.9. The Balaban J connectivity index is 2.50. The van der Waals surface area contributed by atoms with Crippen LogP contribution in [-0.2, 0) is 4.74 Å². The fraction of sp³-hybridized carbons (Fsp3) is 0.500. The first-order valence-electron chi connectivity index (χ1n) is 11.3. The quantitative estimate of drug-likeness (QED) is 0.496. The second-order valence-corrected chi connectivity index (χ2v) is 9.95. The largest absolute Gasteiger partial charge is 0.443 e. The van der Waals surface area contributed by atoms with Crippen LogP contribution in [0.5, 0.6) is 0 Å². The average Bonchev–Trinajstić information content (AvgIpc) is 2.69. The number of benzene rings is 1. The van der Waals surface area contributed by atoms with E-state index in [0.29, 0.717) is 24.2 Å². The molecule has 0 spiro atoms. The summed E-state index contributed by atoms with van der Waals surface area (Å²) in [6, 6.07) is 11.9. The van der Waals surface area contributed by atoms with Gasteiger partial charge in [0.15, 0.2) is 0 Å². The van der Waals surface area contributed by atoms with Gasteiger partial charge in [-0.1, -0.05) is 64.1 Å². The summed E-state index contributed by atoms with van der Waals surface area (Å²) in [7, 11) is 1.98. The zero-order chi connectivity index (χ0) is 23.9. The molecule has 0 aliphatic rings. The highest BCUT2D eigenvalue weighted by molar-refractivity contribution is 5.87. The van der Waals surface area contributed by atoms with E-state index in [4.69, 9.17) is 14.7 Å². The third kappa shape index (κ3) is 8.33. The van der Waals surface area contributed by atoms with Gasteiger partial charge in [-0.05, 0) is 44.2 Å². The van der Waals surface area contributed by atoms with E-state index in [2.05, 4.69) is 27.7 Å². The topological polar surface area (TPSA) is 58.6 Å². The van der Waals surface area contributed by atoms with Crippen LogP contribution in [-0.4, -0.2) is 41.8 Å². The van der Waals surface area contributed by atoms with E-state index in [1.165, 1.54) is 0 Å². The van der Waals surface area contributed by atoms with Crippen molar-refractivity contribution in [3.63, 3.8) is 0 Å². The van der Waals surface area contributed by atoms with Crippen LogP contribution in [0.1, 0.15) is 59.7 Å². The van der Waals surface area contributed by atoms with Gasteiger partial charge in [-0.15, -0.1) is 0 Å². The van der Waals surface area contributed by atoms with Crippen molar-refractivity contribution in [2.24, 2.45) is 11.8 Å². The molecule has 0 saturated heterocycles. The fourth-order valence-electron chi connectivity index (χ4n) is 3.15. The number of anilines is 2. The highest BCUT2D eigenvalue weighted by Gasteiger charge is 2.26. The van der Waals surface area contributed by atoms with Crippen LogP contribution in [0.2, 0.25) is 0 Å². The number of ether oxygens (including phenoxy) is 1. The van der Waals surface area contributed by atoms with Crippen LogP contribution in [0.25, 0.3) is 12.2 Å². The van der Waals surface area contributed by atoms with E-state index < -0.39 is 11.7 Å². The standard InChI is InChI=1S/C26H38N4O2/c1-19(2)17-29(8)24-27-22(15-14-21-12-10-9-11-13-21)16-23(28-24)30(18-20(3)4)25(31)32-26(5,6)7/h9-16,19-20H,17-18H2,1-8H3/b15-14+. The summed E-state index contributed by atoms with van der Waals surface area (Å²) in [4.78, 5) is 26.2. The zero-order valence-electron chi connectivity index (χ0n) is 20.8. The summed E-state index contributed by atoms with van der Waals surface area (Å²) in [5.41, 5.74) is 1.23. The predicted octanol–water partition coefficient (Wildman–Crippen LogP) is 6.14. The fourth-order valence-corrected chi connectivity index (χ4v) is 3.15. The number of amides is 1. The molecule has 174 valence electrons. The molecule has 1 aromatic carbocycles. The van der Waals surface area contributed by atoms with E-state index in [1.807, 2.05) is 81.3 Å². The maximum absolute atomic E-state index is 13.1. The number of rotatable bonds is 8. The van der Waals surface area contributed by atoms with E-state index in [0.717, 1.165) is 17.8 Å². The second-order valence-electron chi connectivity index (χ2n) is 9.95. The Labute approximate surface area is 193 Å². The van der Waals surface area contributed by atoms with Crippen molar-refractivity contribution in [2.45, 2.75) is 54.1 Å². The lowest BCUT2D eigenvalue weighted by molar-refractivity contribution is 0.0575. The van der Waals surface area contributed by atoms with Crippen molar-refractivity contribution in [3.8, 4) is 0 Å². The average molecular weight is 439 g/mol. The smallest absolute Gasteiger partial charge is 0.416 e. The van der Waals surface area contributed by atoms with Crippen LogP contribution in [0.4, 0.5) is 16.6 Å². The minimum atomic E-state index is -0.591. The molecule has 6 nitrogen and oxygen atoms in total. The molecule has 0 N–H and O–H groups in total. The van der Waals surface area contributed by atoms with Gasteiger partial charge in [0.05, 0.1) is 5.69 Å². The SMILES string of the molecule is CC(C)CN(C)c1nc(/C=C/c2ccccc2)cc(N(CC(C)C)C(=O)OC(C)(C)C)n1.